The molecule has 30 heavy (non-hydrogen) atoms. The van der Waals surface area contributed by atoms with Crippen molar-refractivity contribution in [1.82, 2.24) is 0 Å². The van der Waals surface area contributed by atoms with Crippen molar-refractivity contribution in [3.63, 3.8) is 0 Å². The summed E-state index contributed by atoms with van der Waals surface area (Å²) in [5.41, 5.74) is 27.0. The Morgan fingerprint density at radius 3 is 1.93 bits per heavy atom. The van der Waals surface area contributed by atoms with Crippen LogP contribution in [-0.2, 0) is 6.54 Å². The van der Waals surface area contributed by atoms with Gasteiger partial charge in [-0.1, -0.05) is 24.3 Å². The van der Waals surface area contributed by atoms with Crippen LogP contribution in [0.4, 0.5) is 11.4 Å². The molecule has 0 unspecified atom stereocenters. The van der Waals surface area contributed by atoms with E-state index in [4.69, 9.17) is 22.9 Å². The van der Waals surface area contributed by atoms with Crippen LogP contribution in [-0.4, -0.2) is 11.9 Å². The van der Waals surface area contributed by atoms with Crippen molar-refractivity contribution in [3.05, 3.63) is 66.7 Å². The first-order valence-corrected chi connectivity index (χ1v) is 9.66. The molecule has 0 radical (unpaired) electrons. The fourth-order valence-corrected chi connectivity index (χ4v) is 3.87. The zero-order valence-electron chi connectivity index (χ0n) is 16.7. The Morgan fingerprint density at radius 1 is 0.733 bits per heavy atom. The number of fused-ring (bicyclic) bond motifs is 3. The van der Waals surface area contributed by atoms with Gasteiger partial charge in [-0.3, -0.25) is 0 Å². The fourth-order valence-electron chi connectivity index (χ4n) is 3.87. The van der Waals surface area contributed by atoms with Crippen LogP contribution in [0.5, 0.6) is 0 Å². The van der Waals surface area contributed by atoms with Crippen molar-refractivity contribution in [1.29, 1.82) is 0 Å². The molecule has 3 aromatic carbocycles. The fraction of sp³-hybridized carbons (Fsp3) is 0.0870. The molecular formula is C23H24N7+. The number of hydrogen-bond donors (Lipinski definition) is 4. The van der Waals surface area contributed by atoms with Gasteiger partial charge in [0.1, 0.15) is 6.54 Å². The SMILES string of the molecule is CC[n+]1c(-c2ccccc2)c2cc(N=C(N)N)ccc2c2ccc(N=C(N)N)cc21. The van der Waals surface area contributed by atoms with Gasteiger partial charge in [0.25, 0.3) is 0 Å². The van der Waals surface area contributed by atoms with Crippen LogP contribution < -0.4 is 27.5 Å². The van der Waals surface area contributed by atoms with Crippen LogP contribution in [0.3, 0.4) is 0 Å². The van der Waals surface area contributed by atoms with E-state index in [0.29, 0.717) is 11.4 Å². The third-order valence-electron chi connectivity index (χ3n) is 4.97. The summed E-state index contributed by atoms with van der Waals surface area (Å²) in [6.07, 6.45) is 0. The minimum atomic E-state index is 0.0293. The minimum Gasteiger partial charge on any atom is -0.370 e. The molecule has 0 aliphatic heterocycles. The molecule has 0 aliphatic rings. The van der Waals surface area contributed by atoms with Crippen molar-refractivity contribution in [3.8, 4) is 11.3 Å². The second-order valence-electron chi connectivity index (χ2n) is 6.96. The Morgan fingerprint density at radius 2 is 1.33 bits per heavy atom. The van der Waals surface area contributed by atoms with Gasteiger partial charge in [0.15, 0.2) is 11.9 Å². The number of benzene rings is 3. The molecule has 0 atom stereocenters. The average Bonchev–Trinajstić information content (AvgIpc) is 2.72. The van der Waals surface area contributed by atoms with E-state index in [1.165, 1.54) is 0 Å². The molecule has 1 aromatic heterocycles. The second-order valence-corrected chi connectivity index (χ2v) is 6.96. The molecule has 0 saturated heterocycles. The van der Waals surface area contributed by atoms with Crippen LogP contribution in [0.2, 0.25) is 0 Å². The third kappa shape index (κ3) is 3.48. The number of aryl methyl sites for hydroxylation is 1. The second kappa shape index (κ2) is 7.71. The number of pyridine rings is 1. The molecule has 8 N–H and O–H groups in total. The summed E-state index contributed by atoms with van der Waals surface area (Å²) in [6.45, 7) is 2.87. The van der Waals surface area contributed by atoms with Gasteiger partial charge in [-0.05, 0) is 43.3 Å². The molecule has 0 saturated carbocycles. The zero-order valence-corrected chi connectivity index (χ0v) is 16.7. The van der Waals surface area contributed by atoms with Crippen LogP contribution in [0, 0.1) is 0 Å². The highest BCUT2D eigenvalue weighted by Gasteiger charge is 2.22. The molecule has 0 spiro atoms. The average molecular weight is 398 g/mol. The third-order valence-corrected chi connectivity index (χ3v) is 4.97. The van der Waals surface area contributed by atoms with Crippen molar-refractivity contribution in [2.45, 2.75) is 13.5 Å². The topological polar surface area (TPSA) is 133 Å². The van der Waals surface area contributed by atoms with Gasteiger partial charge in [-0.2, -0.15) is 4.57 Å². The van der Waals surface area contributed by atoms with Gasteiger partial charge < -0.3 is 22.9 Å². The van der Waals surface area contributed by atoms with Gasteiger partial charge in [0.05, 0.1) is 22.1 Å². The van der Waals surface area contributed by atoms with E-state index >= 15 is 0 Å². The van der Waals surface area contributed by atoms with E-state index < -0.39 is 0 Å². The summed E-state index contributed by atoms with van der Waals surface area (Å²) in [4.78, 5) is 8.47. The highest BCUT2D eigenvalue weighted by Crippen LogP contribution is 2.35. The predicted octanol–water partition coefficient (Wildman–Crippen LogP) is 2.78. The number of nitrogens with zero attached hydrogens (tertiary/aromatic N) is 3. The van der Waals surface area contributed by atoms with Gasteiger partial charge in [0, 0.05) is 17.0 Å². The molecule has 7 heteroatoms. The minimum absolute atomic E-state index is 0.0293. The molecule has 0 fully saturated rings. The lowest BCUT2D eigenvalue weighted by molar-refractivity contribution is -0.655. The van der Waals surface area contributed by atoms with Crippen LogP contribution in [0.15, 0.2) is 76.7 Å². The van der Waals surface area contributed by atoms with E-state index in [2.05, 4.69) is 33.6 Å². The molecule has 4 aromatic rings. The van der Waals surface area contributed by atoms with Gasteiger partial charge in [-0.25, -0.2) is 9.98 Å². The monoisotopic (exact) mass is 398 g/mol. The van der Waals surface area contributed by atoms with Crippen LogP contribution in [0.25, 0.3) is 32.9 Å². The first-order chi connectivity index (χ1) is 14.5. The molecule has 4 rings (SSSR count). The van der Waals surface area contributed by atoms with E-state index in [9.17, 15) is 0 Å². The lowest BCUT2D eigenvalue weighted by Crippen LogP contribution is -2.36. The maximum absolute atomic E-state index is 5.61. The Hall–Kier alpha value is -4.13. The molecule has 1 heterocycles. The Labute approximate surface area is 174 Å². The molecule has 0 amide bonds. The number of guanidine groups is 2. The van der Waals surface area contributed by atoms with Crippen LogP contribution in [0.1, 0.15) is 6.92 Å². The smallest absolute Gasteiger partial charge is 0.220 e. The standard InChI is InChI=1S/C23H23N7/c1-2-30-20-13-16(29-23(26)27)9-11-18(20)17-10-8-15(28-22(24)25)12-19(17)21(30)14-6-4-3-5-7-14/h3-13H,2H2,1H3,(H7,24,25,26,27,28)/p+1. The number of hydrogen-bond acceptors (Lipinski definition) is 2. The first-order valence-electron chi connectivity index (χ1n) is 9.66. The molecule has 0 aliphatic carbocycles. The number of rotatable bonds is 4. The summed E-state index contributed by atoms with van der Waals surface area (Å²) in [6, 6.07) is 22.2. The largest absolute Gasteiger partial charge is 0.370 e. The maximum Gasteiger partial charge on any atom is 0.220 e. The van der Waals surface area contributed by atoms with Crippen LogP contribution >= 0.6 is 0 Å². The molecule has 7 nitrogen and oxygen atoms in total. The van der Waals surface area contributed by atoms with Crippen molar-refractivity contribution in [2.75, 3.05) is 0 Å². The summed E-state index contributed by atoms with van der Waals surface area (Å²) in [7, 11) is 0. The quantitative estimate of drug-likeness (QED) is 0.182. The summed E-state index contributed by atoms with van der Waals surface area (Å²) >= 11 is 0. The summed E-state index contributed by atoms with van der Waals surface area (Å²) < 4.78 is 2.26. The van der Waals surface area contributed by atoms with Gasteiger partial charge >= 0.3 is 0 Å². The summed E-state index contributed by atoms with van der Waals surface area (Å²) in [5, 5.41) is 3.25. The van der Waals surface area contributed by atoms with E-state index in [1.807, 2.05) is 54.6 Å². The Kier molecular flexibility index (Phi) is 4.93. The Bertz CT molecular complexity index is 1300. The lowest BCUT2D eigenvalue weighted by atomic mass is 9.98. The van der Waals surface area contributed by atoms with Gasteiger partial charge in [0.2, 0.25) is 11.2 Å². The van der Waals surface area contributed by atoms with Gasteiger partial charge in [-0.15, -0.1) is 0 Å². The first kappa shape index (κ1) is 19.2. The molecule has 0 bridgehead atoms. The van der Waals surface area contributed by atoms with Crippen molar-refractivity contribution in [2.24, 2.45) is 32.9 Å². The molecular weight excluding hydrogens is 374 g/mol. The van der Waals surface area contributed by atoms with E-state index in [0.717, 1.165) is 39.5 Å². The highest BCUT2D eigenvalue weighted by molar-refractivity contribution is 6.10. The maximum atomic E-state index is 5.61. The van der Waals surface area contributed by atoms with Crippen molar-refractivity contribution >= 4 is 45.0 Å². The van der Waals surface area contributed by atoms with Crippen molar-refractivity contribution < 1.29 is 4.57 Å². The number of aliphatic imine (C=N–C) groups is 2. The van der Waals surface area contributed by atoms with E-state index in [-0.39, 0.29) is 11.9 Å². The molecule has 150 valence electrons. The lowest BCUT2D eigenvalue weighted by Gasteiger charge is -2.12. The zero-order chi connectivity index (χ0) is 21.3. The highest BCUT2D eigenvalue weighted by atomic mass is 15.0. The predicted molar refractivity (Wildman–Crippen MR) is 124 cm³/mol. The number of aromatic nitrogens is 1. The Balaban J connectivity index is 2.18. The normalized spacial score (nSPS) is 10.8. The van der Waals surface area contributed by atoms with E-state index in [1.54, 1.807) is 0 Å². The number of nitrogens with two attached hydrogens (primary N) is 4. The summed E-state index contributed by atoms with van der Waals surface area (Å²) in [5.74, 6) is 0.0602.